The van der Waals surface area contributed by atoms with Crippen LogP contribution in [0.3, 0.4) is 0 Å². The average Bonchev–Trinajstić information content (AvgIpc) is 2.25. The van der Waals surface area contributed by atoms with Gasteiger partial charge in [0.25, 0.3) is 0 Å². The standard InChI is InChI=1S/C16H33NO/c1-7-9-15(18)17-12-14(4)11-16(5,6)10-13(3)8-2/h13-14H,7-12H2,1-6H3,(H,17,18). The lowest BCUT2D eigenvalue weighted by Crippen LogP contribution is -2.30. The van der Waals surface area contributed by atoms with Gasteiger partial charge in [-0.3, -0.25) is 4.79 Å². The van der Waals surface area contributed by atoms with E-state index in [0.717, 1.165) is 18.9 Å². The highest BCUT2D eigenvalue weighted by molar-refractivity contribution is 5.75. The predicted molar refractivity (Wildman–Crippen MR) is 79.6 cm³/mol. The molecule has 0 aliphatic rings. The number of hydrogen-bond acceptors (Lipinski definition) is 1. The molecule has 0 aliphatic carbocycles. The predicted octanol–water partition coefficient (Wildman–Crippen LogP) is 4.39. The number of carbonyl (C=O) groups excluding carboxylic acids is 1. The lowest BCUT2D eigenvalue weighted by molar-refractivity contribution is -0.121. The number of hydrogen-bond donors (Lipinski definition) is 1. The molecule has 0 saturated carbocycles. The third-order valence-electron chi connectivity index (χ3n) is 3.62. The van der Waals surface area contributed by atoms with E-state index in [1.54, 1.807) is 0 Å². The highest BCUT2D eigenvalue weighted by atomic mass is 16.1. The van der Waals surface area contributed by atoms with Gasteiger partial charge in [-0.15, -0.1) is 0 Å². The third kappa shape index (κ3) is 8.54. The van der Waals surface area contributed by atoms with Crippen molar-refractivity contribution in [1.29, 1.82) is 0 Å². The van der Waals surface area contributed by atoms with Crippen LogP contribution < -0.4 is 5.32 Å². The summed E-state index contributed by atoms with van der Waals surface area (Å²) in [4.78, 5) is 11.4. The van der Waals surface area contributed by atoms with E-state index in [-0.39, 0.29) is 5.91 Å². The van der Waals surface area contributed by atoms with Gasteiger partial charge in [0.1, 0.15) is 0 Å². The van der Waals surface area contributed by atoms with Crippen molar-refractivity contribution in [2.24, 2.45) is 17.3 Å². The monoisotopic (exact) mass is 255 g/mol. The van der Waals surface area contributed by atoms with Gasteiger partial charge in [-0.25, -0.2) is 0 Å². The van der Waals surface area contributed by atoms with Crippen LogP contribution in [0.4, 0.5) is 0 Å². The Morgan fingerprint density at radius 1 is 1.11 bits per heavy atom. The van der Waals surface area contributed by atoms with Gasteiger partial charge in [0, 0.05) is 13.0 Å². The average molecular weight is 255 g/mol. The maximum Gasteiger partial charge on any atom is 0.219 e. The Morgan fingerprint density at radius 3 is 2.17 bits per heavy atom. The van der Waals surface area contributed by atoms with Crippen LogP contribution in [0.5, 0.6) is 0 Å². The highest BCUT2D eigenvalue weighted by Gasteiger charge is 2.23. The molecule has 1 amide bonds. The molecule has 0 bridgehead atoms. The number of carbonyl (C=O) groups is 1. The fraction of sp³-hybridized carbons (Fsp3) is 0.938. The van der Waals surface area contributed by atoms with Crippen LogP contribution in [0.25, 0.3) is 0 Å². The molecule has 0 aromatic heterocycles. The number of amides is 1. The zero-order valence-electron chi connectivity index (χ0n) is 13.3. The normalized spacial score (nSPS) is 15.2. The molecule has 2 atom stereocenters. The summed E-state index contributed by atoms with van der Waals surface area (Å²) >= 11 is 0. The maximum absolute atomic E-state index is 11.4. The Kier molecular flexibility index (Phi) is 8.30. The fourth-order valence-corrected chi connectivity index (χ4v) is 2.79. The van der Waals surface area contributed by atoms with Crippen molar-refractivity contribution < 1.29 is 4.79 Å². The summed E-state index contributed by atoms with van der Waals surface area (Å²) in [6, 6.07) is 0. The molecule has 108 valence electrons. The van der Waals surface area contributed by atoms with E-state index in [0.29, 0.717) is 17.8 Å². The maximum atomic E-state index is 11.4. The first kappa shape index (κ1) is 17.5. The number of rotatable bonds is 9. The molecule has 0 heterocycles. The van der Waals surface area contributed by atoms with Crippen LogP contribution in [-0.4, -0.2) is 12.5 Å². The quantitative estimate of drug-likeness (QED) is 0.650. The summed E-state index contributed by atoms with van der Waals surface area (Å²) in [6.07, 6.45) is 5.30. The van der Waals surface area contributed by atoms with E-state index in [2.05, 4.69) is 39.9 Å². The van der Waals surface area contributed by atoms with Gasteiger partial charge in [0.2, 0.25) is 5.91 Å². The Morgan fingerprint density at radius 2 is 1.67 bits per heavy atom. The van der Waals surface area contributed by atoms with Crippen LogP contribution in [0.2, 0.25) is 0 Å². The molecule has 0 aromatic rings. The molecular formula is C16H33NO. The third-order valence-corrected chi connectivity index (χ3v) is 3.62. The van der Waals surface area contributed by atoms with Crippen LogP contribution >= 0.6 is 0 Å². The van der Waals surface area contributed by atoms with Gasteiger partial charge in [-0.05, 0) is 36.5 Å². The van der Waals surface area contributed by atoms with Gasteiger partial charge in [0.05, 0.1) is 0 Å². The van der Waals surface area contributed by atoms with Crippen molar-refractivity contribution >= 4 is 5.91 Å². The van der Waals surface area contributed by atoms with E-state index in [4.69, 9.17) is 0 Å². The van der Waals surface area contributed by atoms with Crippen LogP contribution in [0.15, 0.2) is 0 Å². The van der Waals surface area contributed by atoms with Gasteiger partial charge in [0.15, 0.2) is 0 Å². The Labute approximate surface area is 114 Å². The van der Waals surface area contributed by atoms with Gasteiger partial charge < -0.3 is 5.32 Å². The molecule has 0 aromatic carbocycles. The molecule has 0 aliphatic heterocycles. The summed E-state index contributed by atoms with van der Waals surface area (Å²) in [7, 11) is 0. The fourth-order valence-electron chi connectivity index (χ4n) is 2.79. The van der Waals surface area contributed by atoms with Crippen LogP contribution in [-0.2, 0) is 4.79 Å². The highest BCUT2D eigenvalue weighted by Crippen LogP contribution is 2.33. The SMILES string of the molecule is CCCC(=O)NCC(C)CC(C)(C)CC(C)CC. The van der Waals surface area contributed by atoms with Gasteiger partial charge in [-0.1, -0.05) is 48.0 Å². The minimum absolute atomic E-state index is 0.198. The Bertz CT molecular complexity index is 235. The first-order valence-electron chi connectivity index (χ1n) is 7.57. The van der Waals surface area contributed by atoms with E-state index in [1.807, 2.05) is 6.92 Å². The van der Waals surface area contributed by atoms with E-state index < -0.39 is 0 Å². The van der Waals surface area contributed by atoms with Gasteiger partial charge in [-0.2, -0.15) is 0 Å². The lowest BCUT2D eigenvalue weighted by atomic mass is 9.76. The van der Waals surface area contributed by atoms with Crippen molar-refractivity contribution in [3.8, 4) is 0 Å². The number of nitrogens with one attached hydrogen (secondary N) is 1. The molecule has 0 rings (SSSR count). The Hall–Kier alpha value is -0.530. The van der Waals surface area contributed by atoms with Crippen molar-refractivity contribution in [2.45, 2.75) is 73.6 Å². The zero-order valence-corrected chi connectivity index (χ0v) is 13.3. The minimum atomic E-state index is 0.198. The summed E-state index contributed by atoms with van der Waals surface area (Å²) in [5.41, 5.74) is 0.379. The second-order valence-electron chi connectivity index (χ2n) is 6.75. The second-order valence-corrected chi connectivity index (χ2v) is 6.75. The molecule has 18 heavy (non-hydrogen) atoms. The van der Waals surface area contributed by atoms with Crippen LogP contribution in [0.1, 0.15) is 73.6 Å². The summed E-state index contributed by atoms with van der Waals surface area (Å²) in [6.45, 7) is 14.4. The summed E-state index contributed by atoms with van der Waals surface area (Å²) in [5, 5.41) is 3.03. The van der Waals surface area contributed by atoms with Crippen molar-refractivity contribution in [3.63, 3.8) is 0 Å². The molecule has 2 heteroatoms. The van der Waals surface area contributed by atoms with Crippen LogP contribution in [0, 0.1) is 17.3 Å². The molecule has 0 saturated heterocycles. The summed E-state index contributed by atoms with van der Waals surface area (Å²) < 4.78 is 0. The van der Waals surface area contributed by atoms with E-state index >= 15 is 0 Å². The lowest BCUT2D eigenvalue weighted by Gasteiger charge is -2.30. The molecule has 0 spiro atoms. The first-order valence-corrected chi connectivity index (χ1v) is 7.57. The molecule has 2 nitrogen and oxygen atoms in total. The molecule has 0 fully saturated rings. The van der Waals surface area contributed by atoms with Crippen molar-refractivity contribution in [2.75, 3.05) is 6.54 Å². The minimum Gasteiger partial charge on any atom is -0.356 e. The molecule has 2 unspecified atom stereocenters. The second kappa shape index (κ2) is 8.55. The largest absolute Gasteiger partial charge is 0.356 e. The van der Waals surface area contributed by atoms with Crippen molar-refractivity contribution in [3.05, 3.63) is 0 Å². The molecule has 0 radical (unpaired) electrons. The Balaban J connectivity index is 3.98. The first-order chi connectivity index (χ1) is 8.30. The zero-order chi connectivity index (χ0) is 14.2. The molecule has 1 N–H and O–H groups in total. The smallest absolute Gasteiger partial charge is 0.219 e. The molecular weight excluding hydrogens is 222 g/mol. The summed E-state index contributed by atoms with van der Waals surface area (Å²) in [5.74, 6) is 1.55. The van der Waals surface area contributed by atoms with E-state index in [9.17, 15) is 4.79 Å². The van der Waals surface area contributed by atoms with Crippen molar-refractivity contribution in [1.82, 2.24) is 5.32 Å². The van der Waals surface area contributed by atoms with E-state index in [1.165, 1.54) is 19.3 Å². The topological polar surface area (TPSA) is 29.1 Å². The van der Waals surface area contributed by atoms with Gasteiger partial charge >= 0.3 is 0 Å².